The molecule has 0 aromatic heterocycles. The lowest BCUT2D eigenvalue weighted by Gasteiger charge is -2.15. The van der Waals surface area contributed by atoms with E-state index in [1.807, 2.05) is 6.07 Å². The molecule has 0 aliphatic carbocycles. The van der Waals surface area contributed by atoms with Gasteiger partial charge in [0.1, 0.15) is 18.2 Å². The third-order valence-electron chi connectivity index (χ3n) is 4.59. The van der Waals surface area contributed by atoms with Crippen LogP contribution in [0.4, 0.5) is 5.69 Å². The highest BCUT2D eigenvalue weighted by Crippen LogP contribution is 2.38. The van der Waals surface area contributed by atoms with Crippen molar-refractivity contribution in [3.05, 3.63) is 90.3 Å². The lowest BCUT2D eigenvalue weighted by atomic mass is 10.1. The number of carbonyl (C=O) groups is 1. The Morgan fingerprint density at radius 2 is 1.77 bits per heavy atom. The summed E-state index contributed by atoms with van der Waals surface area (Å²) in [7, 11) is 0. The molecule has 3 rings (SSSR count). The minimum Gasteiger partial charge on any atom is -0.490 e. The Bertz CT molecular complexity index is 1340. The van der Waals surface area contributed by atoms with Gasteiger partial charge < -0.3 is 14.8 Å². The van der Waals surface area contributed by atoms with Gasteiger partial charge in [0.2, 0.25) is 0 Å². The van der Waals surface area contributed by atoms with E-state index in [1.165, 1.54) is 6.08 Å². The van der Waals surface area contributed by atoms with Gasteiger partial charge in [-0.25, -0.2) is 0 Å². The van der Waals surface area contributed by atoms with Crippen molar-refractivity contribution >= 4 is 75.7 Å². The first-order chi connectivity index (χ1) is 16.7. The smallest absolute Gasteiger partial charge is 0.266 e. The van der Waals surface area contributed by atoms with Crippen LogP contribution in [0.3, 0.4) is 0 Å². The molecule has 0 radical (unpaired) electrons. The normalized spacial score (nSPS) is 11.1. The van der Waals surface area contributed by atoms with Crippen LogP contribution < -0.4 is 14.8 Å². The summed E-state index contributed by atoms with van der Waals surface area (Å²) in [6.07, 6.45) is 1.38. The lowest BCUT2D eigenvalue weighted by Crippen LogP contribution is -2.13. The summed E-state index contributed by atoms with van der Waals surface area (Å²) in [6, 6.07) is 14.9. The average Bonchev–Trinajstić information content (AvgIpc) is 2.81. The molecule has 0 atom stereocenters. The van der Waals surface area contributed by atoms with Crippen molar-refractivity contribution in [1.82, 2.24) is 0 Å². The highest BCUT2D eigenvalue weighted by molar-refractivity contribution is 6.44. The predicted molar refractivity (Wildman–Crippen MR) is 142 cm³/mol. The van der Waals surface area contributed by atoms with Gasteiger partial charge in [-0.05, 0) is 55.0 Å². The monoisotopic (exact) mass is 568 g/mol. The van der Waals surface area contributed by atoms with Crippen molar-refractivity contribution in [3.63, 3.8) is 0 Å². The first-order valence-electron chi connectivity index (χ1n) is 10.1. The van der Waals surface area contributed by atoms with E-state index in [9.17, 15) is 10.1 Å². The quantitative estimate of drug-likeness (QED) is 0.218. The van der Waals surface area contributed by atoms with Gasteiger partial charge in [-0.1, -0.05) is 70.1 Å². The first kappa shape index (κ1) is 27.0. The maximum Gasteiger partial charge on any atom is 0.266 e. The summed E-state index contributed by atoms with van der Waals surface area (Å²) in [5.41, 5.74) is 1.27. The van der Waals surface area contributed by atoms with Crippen LogP contribution in [0, 0.1) is 11.3 Å². The van der Waals surface area contributed by atoms with E-state index in [1.54, 1.807) is 55.5 Å². The van der Waals surface area contributed by atoms with E-state index < -0.39 is 5.91 Å². The van der Waals surface area contributed by atoms with Gasteiger partial charge >= 0.3 is 0 Å². The van der Waals surface area contributed by atoms with Gasteiger partial charge in [0.25, 0.3) is 5.91 Å². The molecule has 0 bridgehead atoms. The fourth-order valence-electron chi connectivity index (χ4n) is 2.97. The van der Waals surface area contributed by atoms with Crippen molar-refractivity contribution in [3.8, 4) is 17.6 Å². The second kappa shape index (κ2) is 12.4. The summed E-state index contributed by atoms with van der Waals surface area (Å²) in [5, 5.41) is 13.8. The average molecular weight is 571 g/mol. The van der Waals surface area contributed by atoms with Gasteiger partial charge in [-0.15, -0.1) is 0 Å². The van der Waals surface area contributed by atoms with E-state index in [-0.39, 0.29) is 32.9 Å². The van der Waals surface area contributed by atoms with E-state index in [0.717, 1.165) is 0 Å². The van der Waals surface area contributed by atoms with E-state index in [0.29, 0.717) is 39.3 Å². The summed E-state index contributed by atoms with van der Waals surface area (Å²) in [5.74, 6) is -0.0271. The summed E-state index contributed by atoms with van der Waals surface area (Å²) in [4.78, 5) is 12.7. The van der Waals surface area contributed by atoms with Gasteiger partial charge in [0.15, 0.2) is 11.5 Å². The number of nitriles is 1. The number of hydrogen-bond donors (Lipinski definition) is 1. The zero-order valence-corrected chi connectivity index (χ0v) is 22.0. The number of amides is 1. The van der Waals surface area contributed by atoms with Crippen LogP contribution in [0.25, 0.3) is 6.08 Å². The zero-order valence-electron chi connectivity index (χ0n) is 18.2. The van der Waals surface area contributed by atoms with Crippen molar-refractivity contribution in [2.75, 3.05) is 11.9 Å². The molecular weight excluding hydrogens is 554 g/mol. The van der Waals surface area contributed by atoms with Crippen LogP contribution in [-0.2, 0) is 11.4 Å². The highest BCUT2D eigenvalue weighted by atomic mass is 35.5. The van der Waals surface area contributed by atoms with Crippen molar-refractivity contribution < 1.29 is 14.3 Å². The van der Waals surface area contributed by atoms with Crippen LogP contribution >= 0.6 is 58.0 Å². The van der Waals surface area contributed by atoms with Crippen LogP contribution in [0.15, 0.2) is 54.1 Å². The van der Waals surface area contributed by atoms with E-state index in [4.69, 9.17) is 67.5 Å². The van der Waals surface area contributed by atoms with Crippen molar-refractivity contribution in [2.45, 2.75) is 13.5 Å². The molecule has 0 aliphatic heterocycles. The molecule has 3 aromatic carbocycles. The van der Waals surface area contributed by atoms with Crippen LogP contribution in [0.5, 0.6) is 11.5 Å². The Balaban J connectivity index is 1.87. The highest BCUT2D eigenvalue weighted by Gasteiger charge is 2.16. The molecule has 0 spiro atoms. The maximum absolute atomic E-state index is 12.7. The first-order valence-corrected chi connectivity index (χ1v) is 12.0. The zero-order chi connectivity index (χ0) is 25.5. The Morgan fingerprint density at radius 3 is 2.46 bits per heavy atom. The fraction of sp³-hybridized carbons (Fsp3) is 0.120. The second-order valence-electron chi connectivity index (χ2n) is 7.01. The number of halogens is 5. The van der Waals surface area contributed by atoms with Gasteiger partial charge in [-0.2, -0.15) is 5.26 Å². The lowest BCUT2D eigenvalue weighted by molar-refractivity contribution is -0.112. The Kier molecular flexibility index (Phi) is 9.56. The fourth-order valence-corrected chi connectivity index (χ4v) is 4.05. The number of ether oxygens (including phenoxy) is 2. The largest absolute Gasteiger partial charge is 0.490 e. The van der Waals surface area contributed by atoms with Gasteiger partial charge in [-0.3, -0.25) is 4.79 Å². The topological polar surface area (TPSA) is 71.3 Å². The Hall–Kier alpha value is -2.59. The van der Waals surface area contributed by atoms with Crippen molar-refractivity contribution in [1.29, 1.82) is 5.26 Å². The van der Waals surface area contributed by atoms with Crippen LogP contribution in [0.1, 0.15) is 18.1 Å². The number of anilines is 1. The molecule has 0 saturated carbocycles. The minimum absolute atomic E-state index is 0.122. The molecule has 0 fully saturated rings. The summed E-state index contributed by atoms with van der Waals surface area (Å²) in [6.45, 7) is 2.26. The minimum atomic E-state index is -0.663. The van der Waals surface area contributed by atoms with Gasteiger partial charge in [0, 0.05) is 15.6 Å². The number of hydrogen-bond acceptors (Lipinski definition) is 4. The molecule has 0 saturated heterocycles. The summed E-state index contributed by atoms with van der Waals surface area (Å²) >= 11 is 30.7. The number of carbonyl (C=O) groups excluding carboxylic acids is 1. The molecule has 180 valence electrons. The molecule has 1 N–H and O–H groups in total. The number of benzene rings is 3. The summed E-state index contributed by atoms with van der Waals surface area (Å²) < 4.78 is 11.6. The predicted octanol–water partition coefficient (Wildman–Crippen LogP) is 8.48. The SMILES string of the molecule is CCOc1cc(/C=C(/C#N)C(=O)Nc2cccc(Cl)c2Cl)cc(Cl)c1OCc1ccc(Cl)cc1Cl. The van der Waals surface area contributed by atoms with E-state index >= 15 is 0 Å². The van der Waals surface area contributed by atoms with Crippen LogP contribution in [0.2, 0.25) is 25.1 Å². The molecule has 10 heteroatoms. The number of nitrogens with one attached hydrogen (secondary N) is 1. The maximum atomic E-state index is 12.7. The number of rotatable bonds is 8. The molecule has 3 aromatic rings. The second-order valence-corrected chi connectivity index (χ2v) is 9.05. The van der Waals surface area contributed by atoms with E-state index in [2.05, 4.69) is 5.32 Å². The molecule has 0 heterocycles. The molecule has 35 heavy (non-hydrogen) atoms. The third kappa shape index (κ3) is 6.98. The van der Waals surface area contributed by atoms with Gasteiger partial charge in [0.05, 0.1) is 27.4 Å². The van der Waals surface area contributed by atoms with Crippen molar-refractivity contribution in [2.24, 2.45) is 0 Å². The third-order valence-corrected chi connectivity index (χ3v) is 6.28. The Morgan fingerprint density at radius 1 is 1.00 bits per heavy atom. The Labute approximate surface area is 227 Å². The molecule has 5 nitrogen and oxygen atoms in total. The van der Waals surface area contributed by atoms with Crippen LogP contribution in [-0.4, -0.2) is 12.5 Å². The molecule has 0 aliphatic rings. The molecule has 1 amide bonds. The number of nitrogens with zero attached hydrogens (tertiary/aromatic N) is 1. The molecular formula is C25H17Cl5N2O3. The molecule has 0 unspecified atom stereocenters. The standard InChI is InChI=1S/C25H17Cl5N2O3/c1-2-34-22-10-14(8-16(12-31)25(33)32-21-5-3-4-18(27)23(21)30)9-20(29)24(22)35-13-15-6-7-17(26)11-19(15)28/h3-11H,2,13H2,1H3,(H,32,33)/b16-8-.